The van der Waals surface area contributed by atoms with Gasteiger partial charge in [0.05, 0.1) is 48.2 Å². The Morgan fingerprint density at radius 3 is 2.34 bits per heavy atom. The van der Waals surface area contributed by atoms with E-state index in [-0.39, 0.29) is 41.8 Å². The molecular formula is C43H50N8O7. The molecule has 58 heavy (non-hydrogen) atoms. The molecule has 4 heterocycles. The minimum Gasteiger partial charge on any atom is -0.465 e. The first-order valence-electron chi connectivity index (χ1n) is 20.0. The molecular weight excluding hydrogens is 741 g/mol. The van der Waals surface area contributed by atoms with Gasteiger partial charge >= 0.3 is 12.2 Å². The maximum absolute atomic E-state index is 14.0. The number of ether oxygens (including phenoxy) is 2. The SMILES string of the molecule is COC(=O)N[C@H](C(=O)N1CCC[C@H]1c1ncc(-c2ccc(-c3ccc4c(ccc5nc([C@@H]6[C@H]7CC[C@H](C7)N6C(=O)[C@@H](NC(=O)O)[C@@H](C)OC)[nH]c54)c3)cc2)[nH]1)C(C)C. The van der Waals surface area contributed by atoms with Crippen LogP contribution in [0.3, 0.4) is 0 Å². The molecule has 304 valence electrons. The fourth-order valence-electron chi connectivity index (χ4n) is 9.30. The number of hydrogen-bond donors (Lipinski definition) is 5. The molecule has 2 saturated heterocycles. The number of hydrogen-bond acceptors (Lipinski definition) is 8. The first-order valence-corrected chi connectivity index (χ1v) is 20.0. The lowest BCUT2D eigenvalue weighted by Crippen LogP contribution is -2.56. The highest BCUT2D eigenvalue weighted by atomic mass is 16.5. The lowest BCUT2D eigenvalue weighted by atomic mass is 9.97. The Balaban J connectivity index is 1.00. The van der Waals surface area contributed by atoms with Gasteiger partial charge in [0.25, 0.3) is 0 Å². The zero-order valence-corrected chi connectivity index (χ0v) is 33.3. The van der Waals surface area contributed by atoms with E-state index in [0.29, 0.717) is 18.2 Å². The molecule has 3 aliphatic rings. The van der Waals surface area contributed by atoms with E-state index in [0.717, 1.165) is 76.3 Å². The van der Waals surface area contributed by atoms with Gasteiger partial charge in [-0.25, -0.2) is 19.6 Å². The number of nitrogens with one attached hydrogen (secondary N) is 4. The first kappa shape index (κ1) is 38.9. The van der Waals surface area contributed by atoms with Crippen LogP contribution in [-0.2, 0) is 19.1 Å². The second kappa shape index (κ2) is 15.8. The molecule has 5 aromatic rings. The van der Waals surface area contributed by atoms with Crippen LogP contribution in [0.2, 0.25) is 0 Å². The second-order valence-corrected chi connectivity index (χ2v) is 16.1. The predicted octanol–water partition coefficient (Wildman–Crippen LogP) is 6.54. The van der Waals surface area contributed by atoms with Gasteiger partial charge in [-0.05, 0) is 85.1 Å². The number of rotatable bonds is 11. The molecule has 3 aromatic carbocycles. The van der Waals surface area contributed by atoms with E-state index >= 15 is 0 Å². The summed E-state index contributed by atoms with van der Waals surface area (Å²) in [5.74, 6) is 1.11. The van der Waals surface area contributed by atoms with Crippen molar-refractivity contribution in [2.45, 2.75) is 89.2 Å². The summed E-state index contributed by atoms with van der Waals surface area (Å²) >= 11 is 0. The fraction of sp³-hybridized carbons (Fsp3) is 0.442. The van der Waals surface area contributed by atoms with Gasteiger partial charge in [-0.3, -0.25) is 9.59 Å². The van der Waals surface area contributed by atoms with E-state index in [1.54, 1.807) is 18.0 Å². The first-order chi connectivity index (χ1) is 27.9. The summed E-state index contributed by atoms with van der Waals surface area (Å²) < 4.78 is 10.2. The summed E-state index contributed by atoms with van der Waals surface area (Å²) in [7, 11) is 2.76. The summed E-state index contributed by atoms with van der Waals surface area (Å²) in [4.78, 5) is 71.5. The van der Waals surface area contributed by atoms with Crippen molar-refractivity contribution in [2.24, 2.45) is 11.8 Å². The van der Waals surface area contributed by atoms with Gasteiger partial charge in [0, 0.05) is 25.1 Å². The van der Waals surface area contributed by atoms with Crippen LogP contribution in [0.1, 0.15) is 76.6 Å². The van der Waals surface area contributed by atoms with E-state index in [9.17, 15) is 24.3 Å². The Bertz CT molecular complexity index is 2360. The summed E-state index contributed by atoms with van der Waals surface area (Å²) in [6, 6.07) is 16.5. The van der Waals surface area contributed by atoms with Gasteiger partial charge in [-0.1, -0.05) is 56.3 Å². The van der Waals surface area contributed by atoms with Gasteiger partial charge in [0.15, 0.2) is 0 Å². The van der Waals surface area contributed by atoms with Crippen molar-refractivity contribution in [3.05, 3.63) is 72.4 Å². The average molecular weight is 791 g/mol. The number of carbonyl (C=O) groups excluding carboxylic acids is 3. The van der Waals surface area contributed by atoms with Crippen molar-refractivity contribution in [1.29, 1.82) is 0 Å². The van der Waals surface area contributed by atoms with Crippen molar-refractivity contribution < 1.29 is 33.8 Å². The molecule has 5 N–H and O–H groups in total. The van der Waals surface area contributed by atoms with Crippen molar-refractivity contribution in [1.82, 2.24) is 40.4 Å². The largest absolute Gasteiger partial charge is 0.465 e. The number of benzene rings is 3. The van der Waals surface area contributed by atoms with E-state index in [2.05, 4.69) is 74.1 Å². The number of nitrogens with zero attached hydrogens (tertiary/aromatic N) is 4. The number of amides is 4. The number of aromatic nitrogens is 4. The van der Waals surface area contributed by atoms with E-state index in [1.165, 1.54) is 14.2 Å². The highest BCUT2D eigenvalue weighted by Crippen LogP contribution is 2.50. The Morgan fingerprint density at radius 1 is 0.862 bits per heavy atom. The van der Waals surface area contributed by atoms with E-state index < -0.39 is 30.4 Å². The maximum Gasteiger partial charge on any atom is 0.407 e. The molecule has 2 aliphatic heterocycles. The number of methoxy groups -OCH3 is 2. The molecule has 1 aliphatic carbocycles. The summed E-state index contributed by atoms with van der Waals surface area (Å²) in [5, 5.41) is 16.6. The van der Waals surface area contributed by atoms with Crippen LogP contribution in [0.4, 0.5) is 9.59 Å². The third-order valence-electron chi connectivity index (χ3n) is 12.4. The number of aromatic amines is 2. The van der Waals surface area contributed by atoms with E-state index in [4.69, 9.17) is 14.5 Å². The topological polar surface area (TPSA) is 195 Å². The third kappa shape index (κ3) is 7.12. The van der Waals surface area contributed by atoms with Crippen LogP contribution < -0.4 is 10.6 Å². The van der Waals surface area contributed by atoms with Crippen molar-refractivity contribution in [3.8, 4) is 22.4 Å². The molecule has 7 atom stereocenters. The molecule has 0 unspecified atom stereocenters. The Morgan fingerprint density at radius 2 is 1.62 bits per heavy atom. The number of carboxylic acid groups (broad SMARTS) is 1. The highest BCUT2D eigenvalue weighted by Gasteiger charge is 2.52. The van der Waals surface area contributed by atoms with Gasteiger partial charge < -0.3 is 45.0 Å². The quantitative estimate of drug-likeness (QED) is 0.0988. The van der Waals surface area contributed by atoms with Crippen LogP contribution in [0.15, 0.2) is 60.8 Å². The summed E-state index contributed by atoms with van der Waals surface area (Å²) in [6.07, 6.45) is 3.59. The molecule has 15 nitrogen and oxygen atoms in total. The Hall–Kier alpha value is -5.96. The van der Waals surface area contributed by atoms with Crippen LogP contribution in [-0.4, -0.2) is 104 Å². The van der Waals surface area contributed by atoms with Crippen molar-refractivity contribution in [2.75, 3.05) is 20.8 Å². The van der Waals surface area contributed by atoms with Gasteiger partial charge in [0.2, 0.25) is 11.8 Å². The number of likely N-dealkylation sites (tertiary alicyclic amines) is 2. The zero-order chi connectivity index (χ0) is 40.8. The smallest absolute Gasteiger partial charge is 0.407 e. The molecule has 15 heteroatoms. The summed E-state index contributed by atoms with van der Waals surface area (Å²) in [5.41, 5.74) is 5.62. The van der Waals surface area contributed by atoms with Crippen molar-refractivity contribution in [3.63, 3.8) is 0 Å². The normalized spacial score (nSPS) is 21.8. The van der Waals surface area contributed by atoms with Crippen LogP contribution >= 0.6 is 0 Å². The fourth-order valence-corrected chi connectivity index (χ4v) is 9.30. The Kier molecular flexibility index (Phi) is 10.6. The lowest BCUT2D eigenvalue weighted by Gasteiger charge is -2.37. The predicted molar refractivity (Wildman–Crippen MR) is 217 cm³/mol. The molecule has 0 radical (unpaired) electrons. The molecule has 2 bridgehead atoms. The van der Waals surface area contributed by atoms with Crippen LogP contribution in [0.5, 0.6) is 0 Å². The number of fused-ring (bicyclic) bond motifs is 5. The minimum atomic E-state index is -1.27. The lowest BCUT2D eigenvalue weighted by molar-refractivity contribution is -0.141. The molecule has 8 rings (SSSR count). The van der Waals surface area contributed by atoms with Crippen LogP contribution in [0.25, 0.3) is 44.2 Å². The zero-order valence-electron chi connectivity index (χ0n) is 33.3. The standard InChI is InChI=1S/C43H50N8O7/c1-22(2)34(49-43(56)58-5)40(52)50-18-6-7-33(50)38-44-21-32(46-38)25-10-8-24(9-11-25)26-13-16-30-27(19-26)14-17-31-36(30)47-39(45-31)37-28-12-15-29(20-28)51(37)41(53)35(23(3)57-4)48-42(54)55/h8-11,13-14,16-17,19,21-23,28-29,33-35,37,48H,6-7,12,15,18,20H2,1-5H3,(H,44,46)(H,45,47)(H,49,56)(H,54,55)/t23-,28+,29-,33+,34+,35+,37+/m1/s1. The highest BCUT2D eigenvalue weighted by molar-refractivity contribution is 6.05. The maximum atomic E-state index is 14.0. The molecule has 2 aromatic heterocycles. The van der Waals surface area contributed by atoms with Gasteiger partial charge in [-0.2, -0.15) is 0 Å². The molecule has 0 spiro atoms. The van der Waals surface area contributed by atoms with Gasteiger partial charge in [0.1, 0.15) is 23.7 Å². The molecule has 3 fully saturated rings. The number of carbonyl (C=O) groups is 4. The monoisotopic (exact) mass is 790 g/mol. The number of H-pyrrole nitrogens is 2. The minimum absolute atomic E-state index is 0.0213. The molecule has 1 saturated carbocycles. The number of piperidine rings is 1. The number of imidazole rings is 2. The molecule has 4 amide bonds. The number of alkyl carbamates (subject to hydrolysis) is 1. The Labute approximate surface area is 335 Å². The van der Waals surface area contributed by atoms with E-state index in [1.807, 2.05) is 24.8 Å². The van der Waals surface area contributed by atoms with Crippen LogP contribution in [0, 0.1) is 11.8 Å². The van der Waals surface area contributed by atoms with Crippen molar-refractivity contribution >= 4 is 45.8 Å². The second-order valence-electron chi connectivity index (χ2n) is 16.1. The average Bonchev–Trinajstić information content (AvgIpc) is 4.08. The van der Waals surface area contributed by atoms with Gasteiger partial charge in [-0.15, -0.1) is 0 Å². The summed E-state index contributed by atoms with van der Waals surface area (Å²) in [6.45, 7) is 6.08. The third-order valence-corrected chi connectivity index (χ3v) is 12.4.